The van der Waals surface area contributed by atoms with E-state index in [2.05, 4.69) is 10.6 Å². The molecule has 0 fully saturated rings. The zero-order chi connectivity index (χ0) is 20.7. The Morgan fingerprint density at radius 1 is 1.25 bits per heavy atom. The topological polar surface area (TPSA) is 79.9 Å². The molecule has 2 amide bonds. The van der Waals surface area contributed by atoms with E-state index in [-0.39, 0.29) is 18.4 Å². The Kier molecular flexibility index (Phi) is 7.80. The van der Waals surface area contributed by atoms with Crippen molar-refractivity contribution in [3.05, 3.63) is 40.8 Å². The van der Waals surface area contributed by atoms with E-state index in [0.717, 1.165) is 5.56 Å². The van der Waals surface area contributed by atoms with Crippen LogP contribution in [0.4, 0.5) is 9.18 Å². The van der Waals surface area contributed by atoms with Crippen molar-refractivity contribution in [3.8, 4) is 5.75 Å². The number of methoxy groups -OCH3 is 1. The Morgan fingerprint density at radius 2 is 2.00 bits per heavy atom. The summed E-state index contributed by atoms with van der Waals surface area (Å²) in [5.74, 6) is -0.678. The number of urea groups is 1. The fourth-order valence-electron chi connectivity index (χ4n) is 3.16. The monoisotopic (exact) mass is 393 g/mol. The number of ether oxygens (including phenoxy) is 2. The molecule has 1 atom stereocenters. The van der Waals surface area contributed by atoms with E-state index < -0.39 is 17.8 Å². The Hall–Kier alpha value is -2.61. The lowest BCUT2D eigenvalue weighted by Gasteiger charge is -2.31. The summed E-state index contributed by atoms with van der Waals surface area (Å²) in [6.07, 6.45) is 0.570. The van der Waals surface area contributed by atoms with Gasteiger partial charge in [0.25, 0.3) is 0 Å². The maximum Gasteiger partial charge on any atom is 0.337 e. The van der Waals surface area contributed by atoms with E-state index in [4.69, 9.17) is 9.47 Å². The summed E-state index contributed by atoms with van der Waals surface area (Å²) >= 11 is 0. The van der Waals surface area contributed by atoms with E-state index in [1.165, 1.54) is 13.2 Å². The molecule has 0 saturated carbocycles. The van der Waals surface area contributed by atoms with Crippen LogP contribution in [0.15, 0.2) is 29.5 Å². The van der Waals surface area contributed by atoms with Gasteiger partial charge in [0.15, 0.2) is 11.6 Å². The zero-order valence-electron chi connectivity index (χ0n) is 16.8. The molecule has 8 heteroatoms. The quantitative estimate of drug-likeness (QED) is 0.631. The molecule has 1 unspecified atom stereocenters. The molecule has 28 heavy (non-hydrogen) atoms. The average molecular weight is 393 g/mol. The van der Waals surface area contributed by atoms with Gasteiger partial charge in [0.2, 0.25) is 0 Å². The van der Waals surface area contributed by atoms with Gasteiger partial charge in [-0.3, -0.25) is 4.90 Å². The second-order valence-corrected chi connectivity index (χ2v) is 6.44. The number of likely N-dealkylation sites (N-methyl/N-ethyl adjacent to an activating group) is 1. The number of nitrogens with zero attached hydrogens (tertiary/aromatic N) is 1. The third kappa shape index (κ3) is 5.22. The summed E-state index contributed by atoms with van der Waals surface area (Å²) in [7, 11) is 1.42. The van der Waals surface area contributed by atoms with Crippen molar-refractivity contribution in [3.63, 3.8) is 0 Å². The average Bonchev–Trinajstić information content (AvgIpc) is 2.67. The molecule has 0 bridgehead atoms. The number of rotatable bonds is 9. The van der Waals surface area contributed by atoms with Crippen LogP contribution < -0.4 is 15.4 Å². The lowest BCUT2D eigenvalue weighted by Crippen LogP contribution is -2.52. The lowest BCUT2D eigenvalue weighted by molar-refractivity contribution is -0.139. The molecule has 1 aromatic carbocycles. The third-order valence-corrected chi connectivity index (χ3v) is 4.60. The fourth-order valence-corrected chi connectivity index (χ4v) is 3.16. The van der Waals surface area contributed by atoms with Gasteiger partial charge in [0, 0.05) is 18.8 Å². The highest BCUT2D eigenvalue weighted by Gasteiger charge is 2.32. The minimum atomic E-state index is -0.441. The maximum absolute atomic E-state index is 14.0. The van der Waals surface area contributed by atoms with E-state index in [9.17, 15) is 14.0 Å². The van der Waals surface area contributed by atoms with Gasteiger partial charge in [0.1, 0.15) is 0 Å². The summed E-state index contributed by atoms with van der Waals surface area (Å²) < 4.78 is 24.1. The molecule has 0 spiro atoms. The predicted octanol–water partition coefficient (Wildman–Crippen LogP) is 2.56. The van der Waals surface area contributed by atoms with Crippen LogP contribution in [0.1, 0.15) is 32.8 Å². The molecule has 0 aliphatic carbocycles. The van der Waals surface area contributed by atoms with Crippen molar-refractivity contribution in [1.82, 2.24) is 15.5 Å². The summed E-state index contributed by atoms with van der Waals surface area (Å²) in [6, 6.07) is 4.06. The largest absolute Gasteiger partial charge is 0.494 e. The fraction of sp³-hybridized carbons (Fsp3) is 0.500. The Labute approximate surface area is 164 Å². The number of amides is 2. The molecule has 0 saturated heterocycles. The summed E-state index contributed by atoms with van der Waals surface area (Å²) in [5, 5.41) is 5.50. The SMILES string of the molecule is CCOC(=O)C1=C(CN(CC)Cc2ccc(OC)c(F)c2)NC(=O)NC1CC. The van der Waals surface area contributed by atoms with Gasteiger partial charge in [-0.2, -0.15) is 0 Å². The van der Waals surface area contributed by atoms with Crippen molar-refractivity contribution in [1.29, 1.82) is 0 Å². The normalized spacial score (nSPS) is 16.6. The molecule has 1 aliphatic rings. The minimum Gasteiger partial charge on any atom is -0.494 e. The first kappa shape index (κ1) is 21.7. The molecular weight excluding hydrogens is 365 g/mol. The first-order chi connectivity index (χ1) is 13.4. The highest BCUT2D eigenvalue weighted by molar-refractivity contribution is 5.94. The van der Waals surface area contributed by atoms with Crippen LogP contribution in [0.3, 0.4) is 0 Å². The first-order valence-electron chi connectivity index (χ1n) is 9.45. The summed E-state index contributed by atoms with van der Waals surface area (Å²) in [5.41, 5.74) is 1.72. The molecular formula is C20H28FN3O4. The van der Waals surface area contributed by atoms with Crippen LogP contribution in [-0.2, 0) is 16.1 Å². The zero-order valence-corrected chi connectivity index (χ0v) is 16.8. The van der Waals surface area contributed by atoms with Gasteiger partial charge >= 0.3 is 12.0 Å². The number of esters is 1. The van der Waals surface area contributed by atoms with Gasteiger partial charge < -0.3 is 20.1 Å². The molecule has 0 aromatic heterocycles. The number of nitrogens with one attached hydrogen (secondary N) is 2. The van der Waals surface area contributed by atoms with E-state index in [1.807, 2.05) is 18.7 Å². The number of carbonyl (C=O) groups excluding carboxylic acids is 2. The third-order valence-electron chi connectivity index (χ3n) is 4.60. The van der Waals surface area contributed by atoms with Crippen molar-refractivity contribution in [2.75, 3.05) is 26.8 Å². The Bertz CT molecular complexity index is 751. The van der Waals surface area contributed by atoms with E-state index >= 15 is 0 Å². The molecule has 2 rings (SSSR count). The van der Waals surface area contributed by atoms with Crippen LogP contribution in [0.2, 0.25) is 0 Å². The summed E-state index contributed by atoms with van der Waals surface area (Å²) in [6.45, 7) is 7.29. The van der Waals surface area contributed by atoms with Crippen molar-refractivity contribution in [2.24, 2.45) is 0 Å². The van der Waals surface area contributed by atoms with Gasteiger partial charge in [-0.25, -0.2) is 14.0 Å². The number of halogens is 1. The molecule has 1 aromatic rings. The van der Waals surface area contributed by atoms with Crippen LogP contribution in [0.5, 0.6) is 5.75 Å². The minimum absolute atomic E-state index is 0.190. The molecule has 2 N–H and O–H groups in total. The lowest BCUT2D eigenvalue weighted by atomic mass is 10.00. The van der Waals surface area contributed by atoms with Crippen LogP contribution in [0.25, 0.3) is 0 Å². The molecule has 1 heterocycles. The van der Waals surface area contributed by atoms with E-state index in [1.54, 1.807) is 19.1 Å². The van der Waals surface area contributed by atoms with Crippen LogP contribution >= 0.6 is 0 Å². The van der Waals surface area contributed by atoms with Crippen LogP contribution in [0, 0.1) is 5.82 Å². The number of hydrogen-bond donors (Lipinski definition) is 2. The predicted molar refractivity (Wildman–Crippen MR) is 103 cm³/mol. The summed E-state index contributed by atoms with van der Waals surface area (Å²) in [4.78, 5) is 26.5. The second-order valence-electron chi connectivity index (χ2n) is 6.44. The molecule has 1 aliphatic heterocycles. The number of benzene rings is 1. The standard InChI is InChI=1S/C20H28FN3O4/c1-5-15-18(19(25)28-7-3)16(23-20(26)22-15)12-24(6-2)11-13-8-9-17(27-4)14(21)10-13/h8-10,15H,5-7,11-12H2,1-4H3,(H2,22,23,26). The van der Waals surface area contributed by atoms with Gasteiger partial charge in [-0.05, 0) is 37.6 Å². The van der Waals surface area contributed by atoms with E-state index in [0.29, 0.717) is 37.3 Å². The highest BCUT2D eigenvalue weighted by Crippen LogP contribution is 2.21. The number of carbonyl (C=O) groups is 2. The van der Waals surface area contributed by atoms with Gasteiger partial charge in [-0.1, -0.05) is 19.9 Å². The van der Waals surface area contributed by atoms with Gasteiger partial charge in [-0.15, -0.1) is 0 Å². The van der Waals surface area contributed by atoms with Crippen molar-refractivity contribution < 1.29 is 23.5 Å². The molecule has 154 valence electrons. The Morgan fingerprint density at radius 3 is 2.57 bits per heavy atom. The van der Waals surface area contributed by atoms with Crippen molar-refractivity contribution in [2.45, 2.75) is 39.8 Å². The molecule has 0 radical (unpaired) electrons. The second kappa shape index (κ2) is 10.1. The highest BCUT2D eigenvalue weighted by atomic mass is 19.1. The smallest absolute Gasteiger partial charge is 0.337 e. The molecule has 7 nitrogen and oxygen atoms in total. The maximum atomic E-state index is 14.0. The first-order valence-corrected chi connectivity index (χ1v) is 9.45. The van der Waals surface area contributed by atoms with Crippen LogP contribution in [-0.4, -0.2) is 49.7 Å². The van der Waals surface area contributed by atoms with Crippen molar-refractivity contribution >= 4 is 12.0 Å². The number of hydrogen-bond acceptors (Lipinski definition) is 5. The Balaban J connectivity index is 2.26. The van der Waals surface area contributed by atoms with Gasteiger partial charge in [0.05, 0.1) is 25.3 Å².